The Morgan fingerprint density at radius 2 is 1.76 bits per heavy atom. The van der Waals surface area contributed by atoms with Crippen LogP contribution in [0.4, 0.5) is 0 Å². The Bertz CT molecular complexity index is 812. The van der Waals surface area contributed by atoms with Crippen LogP contribution in [0.2, 0.25) is 0 Å². The molecule has 0 N–H and O–H groups in total. The number of benzene rings is 1. The highest BCUT2D eigenvalue weighted by Gasteiger charge is 2.06. The van der Waals surface area contributed by atoms with Crippen LogP contribution in [0.1, 0.15) is 5.56 Å². The SMILES string of the molecule is O=c1ccc(Br)cn1Cc1ccccc1-c1ccncc1. The Balaban J connectivity index is 2.04. The van der Waals surface area contributed by atoms with Crippen LogP contribution in [-0.4, -0.2) is 9.55 Å². The van der Waals surface area contributed by atoms with E-state index < -0.39 is 0 Å². The minimum absolute atomic E-state index is 0.0114. The molecule has 0 spiro atoms. The molecule has 4 heteroatoms. The van der Waals surface area contributed by atoms with Gasteiger partial charge in [-0.3, -0.25) is 9.78 Å². The van der Waals surface area contributed by atoms with Gasteiger partial charge in [0.2, 0.25) is 0 Å². The lowest BCUT2D eigenvalue weighted by atomic mass is 10.0. The second-order valence-corrected chi connectivity index (χ2v) is 5.62. The van der Waals surface area contributed by atoms with Gasteiger partial charge in [0.05, 0.1) is 6.54 Å². The normalized spacial score (nSPS) is 10.5. The molecule has 0 aliphatic heterocycles. The molecule has 2 heterocycles. The number of hydrogen-bond acceptors (Lipinski definition) is 2. The van der Waals surface area contributed by atoms with E-state index in [1.165, 1.54) is 0 Å². The van der Waals surface area contributed by atoms with Gasteiger partial charge < -0.3 is 4.57 Å². The van der Waals surface area contributed by atoms with Crippen LogP contribution in [0.15, 0.2) is 76.4 Å². The molecule has 0 amide bonds. The molecule has 0 aliphatic rings. The van der Waals surface area contributed by atoms with Gasteiger partial charge in [0.1, 0.15) is 0 Å². The molecule has 0 saturated carbocycles. The monoisotopic (exact) mass is 340 g/mol. The van der Waals surface area contributed by atoms with Crippen LogP contribution in [0.3, 0.4) is 0 Å². The van der Waals surface area contributed by atoms with Crippen molar-refractivity contribution in [2.24, 2.45) is 0 Å². The number of rotatable bonds is 3. The summed E-state index contributed by atoms with van der Waals surface area (Å²) >= 11 is 3.41. The maximum absolute atomic E-state index is 12.0. The second-order valence-electron chi connectivity index (χ2n) is 4.71. The van der Waals surface area contributed by atoms with Crippen molar-refractivity contribution in [2.75, 3.05) is 0 Å². The van der Waals surface area contributed by atoms with E-state index in [4.69, 9.17) is 0 Å². The molecule has 0 unspecified atom stereocenters. The van der Waals surface area contributed by atoms with Crippen LogP contribution in [0, 0.1) is 0 Å². The zero-order valence-electron chi connectivity index (χ0n) is 11.2. The molecule has 0 bridgehead atoms. The van der Waals surface area contributed by atoms with E-state index in [1.54, 1.807) is 29.1 Å². The summed E-state index contributed by atoms with van der Waals surface area (Å²) in [4.78, 5) is 16.0. The maximum Gasteiger partial charge on any atom is 0.250 e. The summed E-state index contributed by atoms with van der Waals surface area (Å²) in [6.07, 6.45) is 5.36. The highest BCUT2D eigenvalue weighted by atomic mass is 79.9. The fraction of sp³-hybridized carbons (Fsp3) is 0.0588. The molecule has 0 atom stereocenters. The third kappa shape index (κ3) is 3.11. The summed E-state index contributed by atoms with van der Waals surface area (Å²) in [7, 11) is 0. The van der Waals surface area contributed by atoms with E-state index in [0.29, 0.717) is 6.54 Å². The Kier molecular flexibility index (Phi) is 3.97. The molecule has 0 aliphatic carbocycles. The van der Waals surface area contributed by atoms with Crippen molar-refractivity contribution < 1.29 is 0 Å². The average Bonchev–Trinajstić information content (AvgIpc) is 2.52. The Hall–Kier alpha value is -2.20. The fourth-order valence-corrected chi connectivity index (χ4v) is 2.66. The predicted octanol–water partition coefficient (Wildman–Crippen LogP) is 3.72. The smallest absolute Gasteiger partial charge is 0.250 e. The van der Waals surface area contributed by atoms with E-state index in [-0.39, 0.29) is 5.56 Å². The number of pyridine rings is 2. The highest BCUT2D eigenvalue weighted by Crippen LogP contribution is 2.23. The molecule has 3 nitrogen and oxygen atoms in total. The molecule has 1 aromatic carbocycles. The molecule has 21 heavy (non-hydrogen) atoms. The first-order chi connectivity index (χ1) is 10.2. The van der Waals surface area contributed by atoms with E-state index in [2.05, 4.69) is 27.0 Å². The van der Waals surface area contributed by atoms with Crippen LogP contribution in [0.5, 0.6) is 0 Å². The number of halogens is 1. The summed E-state index contributed by atoms with van der Waals surface area (Å²) < 4.78 is 2.59. The lowest BCUT2D eigenvalue weighted by Crippen LogP contribution is -2.19. The first kappa shape index (κ1) is 13.8. The zero-order chi connectivity index (χ0) is 14.7. The van der Waals surface area contributed by atoms with Gasteiger partial charge in [-0.05, 0) is 50.8 Å². The fourth-order valence-electron chi connectivity index (χ4n) is 2.28. The van der Waals surface area contributed by atoms with E-state index in [9.17, 15) is 4.79 Å². The summed E-state index contributed by atoms with van der Waals surface area (Å²) in [5, 5.41) is 0. The van der Waals surface area contributed by atoms with Crippen molar-refractivity contribution in [1.29, 1.82) is 0 Å². The Morgan fingerprint density at radius 3 is 2.57 bits per heavy atom. The third-order valence-electron chi connectivity index (χ3n) is 3.30. The van der Waals surface area contributed by atoms with Crippen molar-refractivity contribution in [3.8, 4) is 11.1 Å². The maximum atomic E-state index is 12.0. The molecular formula is C17H13BrN2O. The summed E-state index contributed by atoms with van der Waals surface area (Å²) in [6.45, 7) is 0.538. The second kappa shape index (κ2) is 6.06. The molecule has 104 valence electrons. The Morgan fingerprint density at radius 1 is 1.00 bits per heavy atom. The predicted molar refractivity (Wildman–Crippen MR) is 87.2 cm³/mol. The number of aromatic nitrogens is 2. The van der Waals surface area contributed by atoms with Crippen LogP contribution in [-0.2, 0) is 6.54 Å². The van der Waals surface area contributed by atoms with Gasteiger partial charge in [0.15, 0.2) is 0 Å². The van der Waals surface area contributed by atoms with Gasteiger partial charge in [-0.2, -0.15) is 0 Å². The minimum atomic E-state index is -0.0114. The molecule has 3 rings (SSSR count). The minimum Gasteiger partial charge on any atom is -0.310 e. The van der Waals surface area contributed by atoms with Crippen LogP contribution < -0.4 is 5.56 Å². The lowest BCUT2D eigenvalue weighted by molar-refractivity contribution is 0.757. The molecular weight excluding hydrogens is 328 g/mol. The van der Waals surface area contributed by atoms with E-state index >= 15 is 0 Å². The molecule has 0 fully saturated rings. The van der Waals surface area contributed by atoms with Gasteiger partial charge in [0.25, 0.3) is 5.56 Å². The number of hydrogen-bond donors (Lipinski definition) is 0. The largest absolute Gasteiger partial charge is 0.310 e. The summed E-state index contributed by atoms with van der Waals surface area (Å²) in [5.74, 6) is 0. The standard InChI is InChI=1S/C17H13BrN2O/c18-15-5-6-17(21)20(12-15)11-14-3-1-2-4-16(14)13-7-9-19-10-8-13/h1-10,12H,11H2. The zero-order valence-corrected chi connectivity index (χ0v) is 12.8. The summed E-state index contributed by atoms with van der Waals surface area (Å²) in [6, 6.07) is 15.4. The number of nitrogens with zero attached hydrogens (tertiary/aromatic N) is 2. The Labute approximate surface area is 131 Å². The van der Waals surface area contributed by atoms with Gasteiger partial charge in [-0.1, -0.05) is 24.3 Å². The topological polar surface area (TPSA) is 34.9 Å². The van der Waals surface area contributed by atoms with Crippen LogP contribution >= 0.6 is 15.9 Å². The van der Waals surface area contributed by atoms with Crippen molar-refractivity contribution in [3.63, 3.8) is 0 Å². The van der Waals surface area contributed by atoms with E-state index in [1.807, 2.05) is 36.5 Å². The average molecular weight is 341 g/mol. The first-order valence-corrected chi connectivity index (χ1v) is 7.37. The quantitative estimate of drug-likeness (QED) is 0.728. The first-order valence-electron chi connectivity index (χ1n) is 6.58. The summed E-state index contributed by atoms with van der Waals surface area (Å²) in [5.41, 5.74) is 3.31. The van der Waals surface area contributed by atoms with Gasteiger partial charge in [-0.15, -0.1) is 0 Å². The van der Waals surface area contributed by atoms with Crippen molar-refractivity contribution in [3.05, 3.63) is 87.5 Å². The lowest BCUT2D eigenvalue weighted by Gasteiger charge is -2.11. The third-order valence-corrected chi connectivity index (χ3v) is 3.77. The highest BCUT2D eigenvalue weighted by molar-refractivity contribution is 9.10. The van der Waals surface area contributed by atoms with Gasteiger partial charge >= 0.3 is 0 Å². The molecule has 2 aromatic heterocycles. The van der Waals surface area contributed by atoms with E-state index in [0.717, 1.165) is 21.2 Å². The van der Waals surface area contributed by atoms with Crippen molar-refractivity contribution >= 4 is 15.9 Å². The van der Waals surface area contributed by atoms with Gasteiger partial charge in [0, 0.05) is 29.1 Å². The molecule has 0 radical (unpaired) electrons. The molecule has 3 aromatic rings. The van der Waals surface area contributed by atoms with Gasteiger partial charge in [-0.25, -0.2) is 0 Å². The van der Waals surface area contributed by atoms with Crippen LogP contribution in [0.25, 0.3) is 11.1 Å². The van der Waals surface area contributed by atoms with Crippen molar-refractivity contribution in [2.45, 2.75) is 6.54 Å². The van der Waals surface area contributed by atoms with Crippen molar-refractivity contribution in [1.82, 2.24) is 9.55 Å². The molecule has 0 saturated heterocycles.